The lowest BCUT2D eigenvalue weighted by atomic mass is 9.78. The van der Waals surface area contributed by atoms with E-state index in [1.54, 1.807) is 0 Å². The molecule has 5 heteroatoms. The molecule has 0 heterocycles. The number of carbonyl (C=O) groups is 1. The van der Waals surface area contributed by atoms with E-state index in [4.69, 9.17) is 14.3 Å². The van der Waals surface area contributed by atoms with Crippen LogP contribution < -0.4 is 4.74 Å². The van der Waals surface area contributed by atoms with E-state index in [1.807, 2.05) is 85.7 Å². The van der Waals surface area contributed by atoms with Crippen LogP contribution >= 0.6 is 0 Å². The molecule has 0 N–H and O–H groups in total. The van der Waals surface area contributed by atoms with Gasteiger partial charge in [-0.15, -0.1) is 0 Å². The first kappa shape index (κ1) is 31.6. The Hall–Kier alpha value is -2.56. The number of hydrogen-bond donors (Lipinski definition) is 0. The van der Waals surface area contributed by atoms with Gasteiger partial charge in [-0.05, 0) is 63.8 Å². The van der Waals surface area contributed by atoms with Crippen LogP contribution in [0.4, 0.5) is 0 Å². The molecule has 182 valence electrons. The van der Waals surface area contributed by atoms with Crippen LogP contribution in [0.3, 0.4) is 0 Å². The quantitative estimate of drug-likeness (QED) is 0.196. The van der Waals surface area contributed by atoms with Gasteiger partial charge in [0.2, 0.25) is 0 Å². The SMILES string of the molecule is CC.CC.CC.CO/N=C(/C(=O)OC)C1=C(C(C)(C)Oc2ccccc2)CC(C)=C(C)C1. The van der Waals surface area contributed by atoms with E-state index >= 15 is 0 Å². The second kappa shape index (κ2) is 17.0. The predicted octanol–water partition coefficient (Wildman–Crippen LogP) is 7.52. The van der Waals surface area contributed by atoms with Crippen molar-refractivity contribution >= 4 is 11.7 Å². The van der Waals surface area contributed by atoms with Crippen LogP contribution in [-0.4, -0.2) is 31.5 Å². The second-order valence-corrected chi connectivity index (χ2v) is 6.91. The minimum atomic E-state index is -0.624. The molecule has 0 aromatic heterocycles. The fourth-order valence-electron chi connectivity index (χ4n) is 3.10. The lowest BCUT2D eigenvalue weighted by molar-refractivity contribution is -0.132. The van der Waals surface area contributed by atoms with Gasteiger partial charge in [-0.3, -0.25) is 0 Å². The van der Waals surface area contributed by atoms with Crippen LogP contribution in [0.1, 0.15) is 82.1 Å². The van der Waals surface area contributed by atoms with E-state index in [0.29, 0.717) is 12.8 Å². The smallest absolute Gasteiger partial charge is 0.360 e. The highest BCUT2D eigenvalue weighted by Crippen LogP contribution is 2.38. The molecule has 32 heavy (non-hydrogen) atoms. The molecule has 1 aliphatic carbocycles. The normalized spacial score (nSPS) is 13.4. The third-order valence-electron chi connectivity index (χ3n) is 4.67. The summed E-state index contributed by atoms with van der Waals surface area (Å²) in [6.07, 6.45) is 1.32. The van der Waals surface area contributed by atoms with Gasteiger partial charge >= 0.3 is 5.97 Å². The van der Waals surface area contributed by atoms with Crippen molar-refractivity contribution in [1.82, 2.24) is 0 Å². The maximum Gasteiger partial charge on any atom is 0.360 e. The summed E-state index contributed by atoms with van der Waals surface area (Å²) in [5.41, 5.74) is 3.87. The van der Waals surface area contributed by atoms with E-state index in [1.165, 1.54) is 25.4 Å². The number of methoxy groups -OCH3 is 1. The molecule has 0 saturated heterocycles. The number of oxime groups is 1. The molecule has 0 fully saturated rings. The molecule has 2 rings (SSSR count). The second-order valence-electron chi connectivity index (χ2n) is 6.91. The molecule has 0 atom stereocenters. The van der Waals surface area contributed by atoms with Gasteiger partial charge in [0, 0.05) is 0 Å². The maximum atomic E-state index is 12.3. The van der Waals surface area contributed by atoms with Gasteiger partial charge in [0.05, 0.1) is 7.11 Å². The predicted molar refractivity (Wildman–Crippen MR) is 136 cm³/mol. The zero-order valence-electron chi connectivity index (χ0n) is 22.4. The Bertz CT molecular complexity index is 759. The number of ether oxygens (including phenoxy) is 2. The Kier molecular flexibility index (Phi) is 16.8. The summed E-state index contributed by atoms with van der Waals surface area (Å²) in [5.74, 6) is 0.263. The molecular weight excluding hydrogens is 402 g/mol. The van der Waals surface area contributed by atoms with E-state index in [-0.39, 0.29) is 5.71 Å². The van der Waals surface area contributed by atoms with Crippen molar-refractivity contribution in [3.63, 3.8) is 0 Å². The summed E-state index contributed by atoms with van der Waals surface area (Å²) in [6.45, 7) is 20.2. The number of esters is 1. The average Bonchev–Trinajstić information content (AvgIpc) is 2.83. The summed E-state index contributed by atoms with van der Waals surface area (Å²) in [4.78, 5) is 17.2. The van der Waals surface area contributed by atoms with Gasteiger partial charge in [-0.25, -0.2) is 4.79 Å². The lowest BCUT2D eigenvalue weighted by Gasteiger charge is -2.35. The highest BCUT2D eigenvalue weighted by Gasteiger charge is 2.35. The van der Waals surface area contributed by atoms with Crippen LogP contribution in [0.25, 0.3) is 0 Å². The first-order valence-corrected chi connectivity index (χ1v) is 11.6. The molecule has 0 spiro atoms. The van der Waals surface area contributed by atoms with Gasteiger partial charge in [0.1, 0.15) is 18.5 Å². The van der Waals surface area contributed by atoms with Gasteiger partial charge in [-0.2, -0.15) is 0 Å². The Morgan fingerprint density at radius 2 is 1.38 bits per heavy atom. The first-order chi connectivity index (χ1) is 15.3. The molecule has 0 bridgehead atoms. The van der Waals surface area contributed by atoms with Crippen molar-refractivity contribution in [2.24, 2.45) is 5.16 Å². The van der Waals surface area contributed by atoms with Crippen molar-refractivity contribution in [2.75, 3.05) is 14.2 Å². The number of hydrogen-bond acceptors (Lipinski definition) is 5. The lowest BCUT2D eigenvalue weighted by Crippen LogP contribution is -2.35. The van der Waals surface area contributed by atoms with E-state index in [2.05, 4.69) is 19.0 Å². The van der Waals surface area contributed by atoms with Crippen molar-refractivity contribution in [1.29, 1.82) is 0 Å². The van der Waals surface area contributed by atoms with Crippen LogP contribution in [0, 0.1) is 0 Å². The number of rotatable bonds is 6. The number of benzene rings is 1. The van der Waals surface area contributed by atoms with Gasteiger partial charge in [-0.1, -0.05) is 76.0 Å². The summed E-state index contributed by atoms with van der Waals surface area (Å²) in [7, 11) is 2.77. The molecule has 1 aliphatic rings. The third-order valence-corrected chi connectivity index (χ3v) is 4.67. The van der Waals surface area contributed by atoms with Gasteiger partial charge < -0.3 is 14.3 Å². The van der Waals surface area contributed by atoms with Gasteiger partial charge in [0.15, 0.2) is 5.71 Å². The molecular formula is C27H45NO4. The van der Waals surface area contributed by atoms with Crippen molar-refractivity contribution in [3.8, 4) is 5.75 Å². The average molecular weight is 448 g/mol. The van der Waals surface area contributed by atoms with Crippen LogP contribution in [0.15, 0.2) is 57.8 Å². The van der Waals surface area contributed by atoms with E-state index < -0.39 is 11.6 Å². The number of allylic oxidation sites excluding steroid dienone is 2. The fraction of sp³-hybridized carbons (Fsp3) is 0.556. The fourth-order valence-corrected chi connectivity index (χ4v) is 3.10. The summed E-state index contributed by atoms with van der Waals surface area (Å²) in [6, 6.07) is 9.65. The number of nitrogens with zero attached hydrogens (tertiary/aromatic N) is 1. The molecule has 0 unspecified atom stereocenters. The number of carbonyl (C=O) groups excluding carboxylic acids is 1. The Balaban J connectivity index is 0. The molecule has 5 nitrogen and oxygen atoms in total. The zero-order chi connectivity index (χ0) is 25.3. The summed E-state index contributed by atoms with van der Waals surface area (Å²) < 4.78 is 11.2. The number of para-hydroxylation sites is 1. The van der Waals surface area contributed by atoms with Crippen molar-refractivity contribution < 1.29 is 19.1 Å². The topological polar surface area (TPSA) is 57.1 Å². The van der Waals surface area contributed by atoms with E-state index in [9.17, 15) is 4.79 Å². The monoisotopic (exact) mass is 447 g/mol. The highest BCUT2D eigenvalue weighted by molar-refractivity contribution is 6.43. The minimum Gasteiger partial charge on any atom is -0.483 e. The molecule has 0 aliphatic heterocycles. The van der Waals surface area contributed by atoms with Crippen LogP contribution in [-0.2, 0) is 14.4 Å². The zero-order valence-corrected chi connectivity index (χ0v) is 22.4. The first-order valence-electron chi connectivity index (χ1n) is 11.6. The summed E-state index contributed by atoms with van der Waals surface area (Å²) >= 11 is 0. The third kappa shape index (κ3) is 9.29. The standard InChI is InChI=1S/C21H27NO4.3C2H6/c1-14-12-17(19(22-25-6)20(23)24-5)18(13-15(14)2)21(3,4)26-16-10-8-7-9-11-16;3*1-2/h7-11H,12-13H2,1-6H3;3*1-2H3/b22-19+;;;. The molecule has 0 radical (unpaired) electrons. The maximum absolute atomic E-state index is 12.3. The Labute approximate surface area is 196 Å². The molecule has 1 aromatic carbocycles. The summed E-state index contributed by atoms with van der Waals surface area (Å²) in [5, 5.41) is 3.95. The highest BCUT2D eigenvalue weighted by atomic mass is 16.6. The van der Waals surface area contributed by atoms with Gasteiger partial charge in [0.25, 0.3) is 0 Å². The van der Waals surface area contributed by atoms with Crippen LogP contribution in [0.2, 0.25) is 0 Å². The molecule has 1 aromatic rings. The van der Waals surface area contributed by atoms with E-state index in [0.717, 1.165) is 16.9 Å². The van der Waals surface area contributed by atoms with Crippen molar-refractivity contribution in [3.05, 3.63) is 52.6 Å². The van der Waals surface area contributed by atoms with Crippen molar-refractivity contribution in [2.45, 2.75) is 87.7 Å². The van der Waals surface area contributed by atoms with Crippen LogP contribution in [0.5, 0.6) is 5.75 Å². The molecule has 0 saturated carbocycles. The Morgan fingerprint density at radius 1 is 0.875 bits per heavy atom. The largest absolute Gasteiger partial charge is 0.483 e. The minimum absolute atomic E-state index is 0.196. The molecule has 0 amide bonds. The Morgan fingerprint density at radius 3 is 1.84 bits per heavy atom.